The zero-order chi connectivity index (χ0) is 27.2. The van der Waals surface area contributed by atoms with E-state index in [0.717, 1.165) is 32.1 Å². The number of aliphatic hydroxyl groups excluding tert-OH is 1. The molecule has 220 valence electrons. The molecule has 0 aromatic carbocycles. The molecule has 0 aliphatic heterocycles. The van der Waals surface area contributed by atoms with Crippen LogP contribution in [-0.4, -0.2) is 36.4 Å². The van der Waals surface area contributed by atoms with Crippen molar-refractivity contribution in [1.82, 2.24) is 0 Å². The molecule has 0 aromatic rings. The van der Waals surface area contributed by atoms with Crippen LogP contribution in [0.2, 0.25) is 0 Å². The number of carbonyl (C=O) groups is 2. The minimum Gasteiger partial charge on any atom is -0.462 e. The van der Waals surface area contributed by atoms with Crippen molar-refractivity contribution in [2.75, 3.05) is 13.2 Å². The largest absolute Gasteiger partial charge is 0.462 e. The summed E-state index contributed by atoms with van der Waals surface area (Å²) in [5.74, 6) is -0.587. The molecule has 0 saturated carbocycles. The van der Waals surface area contributed by atoms with Crippen LogP contribution in [0.5, 0.6) is 0 Å². The van der Waals surface area contributed by atoms with Gasteiger partial charge >= 0.3 is 11.9 Å². The second kappa shape index (κ2) is 29.5. The topological polar surface area (TPSA) is 72.8 Å². The Hall–Kier alpha value is -1.10. The molecule has 0 saturated heterocycles. The summed E-state index contributed by atoms with van der Waals surface area (Å²) in [6, 6.07) is 0. The van der Waals surface area contributed by atoms with Crippen LogP contribution in [0.1, 0.15) is 174 Å². The molecule has 0 spiro atoms. The van der Waals surface area contributed by atoms with E-state index in [1.807, 2.05) is 0 Å². The first-order valence-corrected chi connectivity index (χ1v) is 16.1. The summed E-state index contributed by atoms with van der Waals surface area (Å²) in [7, 11) is 0. The number of hydrogen-bond donors (Lipinski definition) is 1. The molecule has 0 bridgehead atoms. The van der Waals surface area contributed by atoms with Gasteiger partial charge in [-0.2, -0.15) is 0 Å². The Morgan fingerprint density at radius 3 is 1.19 bits per heavy atom. The van der Waals surface area contributed by atoms with E-state index in [0.29, 0.717) is 12.8 Å². The lowest BCUT2D eigenvalue weighted by atomic mass is 10.0. The van der Waals surface area contributed by atoms with Crippen LogP contribution in [0.4, 0.5) is 0 Å². The van der Waals surface area contributed by atoms with E-state index >= 15 is 0 Å². The van der Waals surface area contributed by atoms with Crippen LogP contribution in [0.15, 0.2) is 0 Å². The van der Waals surface area contributed by atoms with Crippen molar-refractivity contribution in [1.29, 1.82) is 0 Å². The van der Waals surface area contributed by atoms with Gasteiger partial charge in [-0.25, -0.2) is 0 Å². The predicted octanol–water partition coefficient (Wildman–Crippen LogP) is 9.23. The third kappa shape index (κ3) is 27.7. The van der Waals surface area contributed by atoms with Gasteiger partial charge in [0.15, 0.2) is 6.10 Å². The summed E-state index contributed by atoms with van der Waals surface area (Å²) in [6.45, 7) is 4.10. The van der Waals surface area contributed by atoms with Crippen molar-refractivity contribution >= 4 is 11.9 Å². The minimum atomic E-state index is -0.758. The third-order valence-electron chi connectivity index (χ3n) is 7.15. The summed E-state index contributed by atoms with van der Waals surface area (Å²) in [4.78, 5) is 24.0. The number of esters is 2. The van der Waals surface area contributed by atoms with Crippen LogP contribution in [0, 0.1) is 0 Å². The molecular weight excluding hydrogens is 464 g/mol. The Balaban J connectivity index is 3.52. The Bertz CT molecular complexity index is 494. The maximum absolute atomic E-state index is 12.0. The number of aliphatic hydroxyl groups is 1. The maximum atomic E-state index is 12.0. The van der Waals surface area contributed by atoms with E-state index in [2.05, 4.69) is 13.8 Å². The zero-order valence-electron chi connectivity index (χ0n) is 24.7. The number of rotatable bonds is 29. The fraction of sp³-hybridized carbons (Fsp3) is 0.938. The first-order valence-electron chi connectivity index (χ1n) is 16.1. The second-order valence-electron chi connectivity index (χ2n) is 10.9. The lowest BCUT2D eigenvalue weighted by Gasteiger charge is -2.15. The van der Waals surface area contributed by atoms with Gasteiger partial charge in [0.1, 0.15) is 6.61 Å². The first kappa shape index (κ1) is 35.9. The van der Waals surface area contributed by atoms with Gasteiger partial charge in [0.2, 0.25) is 0 Å². The molecule has 0 unspecified atom stereocenters. The molecule has 0 radical (unpaired) electrons. The Morgan fingerprint density at radius 2 is 0.838 bits per heavy atom. The third-order valence-corrected chi connectivity index (χ3v) is 7.15. The summed E-state index contributed by atoms with van der Waals surface area (Å²) >= 11 is 0. The van der Waals surface area contributed by atoms with Gasteiger partial charge in [0, 0.05) is 12.8 Å². The average molecular weight is 527 g/mol. The average Bonchev–Trinajstić information content (AvgIpc) is 2.90. The number of hydrogen-bond acceptors (Lipinski definition) is 5. The molecule has 5 nitrogen and oxygen atoms in total. The van der Waals surface area contributed by atoms with Crippen LogP contribution in [0.3, 0.4) is 0 Å². The van der Waals surface area contributed by atoms with E-state index in [-0.39, 0.29) is 25.2 Å². The summed E-state index contributed by atoms with van der Waals surface area (Å²) in [6.07, 6.45) is 28.7. The van der Waals surface area contributed by atoms with Crippen molar-refractivity contribution in [2.24, 2.45) is 0 Å². The number of carbonyl (C=O) groups excluding carboxylic acids is 2. The van der Waals surface area contributed by atoms with Gasteiger partial charge in [0.25, 0.3) is 0 Å². The Kier molecular flexibility index (Phi) is 28.6. The van der Waals surface area contributed by atoms with Crippen LogP contribution >= 0.6 is 0 Å². The maximum Gasteiger partial charge on any atom is 0.306 e. The SMILES string of the molecule is CCCCCCCCCCCCCCCCCC(=O)OC[C@H](CO)OC(=O)CCCCCCCCCC. The first-order chi connectivity index (χ1) is 18.1. The highest BCUT2D eigenvalue weighted by Crippen LogP contribution is 2.14. The van der Waals surface area contributed by atoms with Gasteiger partial charge in [-0.05, 0) is 12.8 Å². The van der Waals surface area contributed by atoms with E-state index in [4.69, 9.17) is 9.47 Å². The van der Waals surface area contributed by atoms with E-state index in [9.17, 15) is 14.7 Å². The second-order valence-corrected chi connectivity index (χ2v) is 10.9. The summed E-state index contributed by atoms with van der Waals surface area (Å²) in [5.41, 5.74) is 0. The monoisotopic (exact) mass is 526 g/mol. The quantitative estimate of drug-likeness (QED) is 0.0776. The van der Waals surface area contributed by atoms with Crippen LogP contribution in [-0.2, 0) is 19.1 Å². The van der Waals surface area contributed by atoms with Gasteiger partial charge < -0.3 is 14.6 Å². The summed E-state index contributed by atoms with van der Waals surface area (Å²) in [5, 5.41) is 9.45. The zero-order valence-corrected chi connectivity index (χ0v) is 24.7. The van der Waals surface area contributed by atoms with E-state index < -0.39 is 6.10 Å². The molecule has 0 heterocycles. The molecule has 1 atom stereocenters. The highest BCUT2D eigenvalue weighted by Gasteiger charge is 2.16. The summed E-state index contributed by atoms with van der Waals surface area (Å²) < 4.78 is 10.5. The number of unbranched alkanes of at least 4 members (excludes halogenated alkanes) is 21. The smallest absolute Gasteiger partial charge is 0.306 e. The Morgan fingerprint density at radius 1 is 0.514 bits per heavy atom. The molecule has 0 fully saturated rings. The van der Waals surface area contributed by atoms with E-state index in [1.165, 1.54) is 116 Å². The highest BCUT2D eigenvalue weighted by molar-refractivity contribution is 5.70. The molecule has 0 rings (SSSR count). The fourth-order valence-electron chi connectivity index (χ4n) is 4.67. The van der Waals surface area contributed by atoms with Crippen molar-refractivity contribution < 1.29 is 24.2 Å². The molecule has 37 heavy (non-hydrogen) atoms. The highest BCUT2D eigenvalue weighted by atomic mass is 16.6. The lowest BCUT2D eigenvalue weighted by molar-refractivity contribution is -0.161. The van der Waals surface area contributed by atoms with Gasteiger partial charge in [-0.1, -0.05) is 149 Å². The standard InChI is InChI=1S/C32H62O5/c1-3-5-7-9-11-13-14-15-16-17-18-19-21-22-24-26-31(34)36-29-30(28-33)37-32(35)27-25-23-20-12-10-8-6-4-2/h30,33H,3-29H2,1-2H3/t30-/m0/s1. The van der Waals surface area contributed by atoms with Crippen molar-refractivity contribution in [3.63, 3.8) is 0 Å². The fourth-order valence-corrected chi connectivity index (χ4v) is 4.67. The Labute approximate surface area is 229 Å². The minimum absolute atomic E-state index is 0.0583. The van der Waals surface area contributed by atoms with Crippen LogP contribution < -0.4 is 0 Å². The van der Waals surface area contributed by atoms with Crippen molar-refractivity contribution in [3.05, 3.63) is 0 Å². The van der Waals surface area contributed by atoms with Gasteiger partial charge in [0.05, 0.1) is 6.61 Å². The molecule has 0 aromatic heterocycles. The molecule has 0 amide bonds. The number of ether oxygens (including phenoxy) is 2. The van der Waals surface area contributed by atoms with Crippen LogP contribution in [0.25, 0.3) is 0 Å². The molecule has 0 aliphatic rings. The van der Waals surface area contributed by atoms with Crippen molar-refractivity contribution in [2.45, 2.75) is 180 Å². The molecule has 0 aliphatic carbocycles. The van der Waals surface area contributed by atoms with Gasteiger partial charge in [-0.3, -0.25) is 9.59 Å². The van der Waals surface area contributed by atoms with Gasteiger partial charge in [-0.15, -0.1) is 0 Å². The molecule has 1 N–H and O–H groups in total. The lowest BCUT2D eigenvalue weighted by Crippen LogP contribution is -2.28. The van der Waals surface area contributed by atoms with Crippen molar-refractivity contribution in [3.8, 4) is 0 Å². The van der Waals surface area contributed by atoms with E-state index in [1.54, 1.807) is 0 Å². The molecule has 5 heteroatoms. The predicted molar refractivity (Wildman–Crippen MR) is 155 cm³/mol. The molecular formula is C32H62O5. The normalized spacial score (nSPS) is 12.0.